The van der Waals surface area contributed by atoms with Crippen LogP contribution < -0.4 is 5.32 Å². The third-order valence-corrected chi connectivity index (χ3v) is 2.73. The van der Waals surface area contributed by atoms with Crippen LogP contribution in [-0.2, 0) is 9.53 Å². The predicted octanol–water partition coefficient (Wildman–Crippen LogP) is 2.38. The van der Waals surface area contributed by atoms with Gasteiger partial charge in [-0.3, -0.25) is 0 Å². The van der Waals surface area contributed by atoms with Crippen molar-refractivity contribution in [3.8, 4) is 0 Å². The number of nitrogens with one attached hydrogen (secondary N) is 1. The van der Waals surface area contributed by atoms with Gasteiger partial charge in [0.05, 0.1) is 6.61 Å². The SMILES string of the molecule is CCOC(=O)/C=C/CNCC(C)C(C)(C)C. The molecule has 0 aliphatic rings. The van der Waals surface area contributed by atoms with Gasteiger partial charge >= 0.3 is 5.97 Å². The standard InChI is InChI=1S/C13H25NO2/c1-6-16-12(15)8-7-9-14-10-11(2)13(3,4)5/h7-8,11,14H,6,9-10H2,1-5H3/b8-7+. The number of hydrogen-bond acceptors (Lipinski definition) is 3. The van der Waals surface area contributed by atoms with E-state index in [9.17, 15) is 4.79 Å². The summed E-state index contributed by atoms with van der Waals surface area (Å²) in [6, 6.07) is 0. The number of carbonyl (C=O) groups excluding carboxylic acids is 1. The van der Waals surface area contributed by atoms with Crippen molar-refractivity contribution in [3.63, 3.8) is 0 Å². The van der Waals surface area contributed by atoms with Crippen LogP contribution in [0.3, 0.4) is 0 Å². The van der Waals surface area contributed by atoms with Gasteiger partial charge in [0.25, 0.3) is 0 Å². The molecular weight excluding hydrogens is 202 g/mol. The van der Waals surface area contributed by atoms with Gasteiger partial charge in [-0.25, -0.2) is 4.79 Å². The number of ether oxygens (including phenoxy) is 1. The van der Waals surface area contributed by atoms with Crippen molar-refractivity contribution >= 4 is 5.97 Å². The van der Waals surface area contributed by atoms with E-state index in [0.29, 0.717) is 24.5 Å². The summed E-state index contributed by atoms with van der Waals surface area (Å²) in [5.74, 6) is 0.330. The van der Waals surface area contributed by atoms with Crippen molar-refractivity contribution in [2.24, 2.45) is 11.3 Å². The van der Waals surface area contributed by atoms with E-state index in [4.69, 9.17) is 4.74 Å². The molecule has 0 amide bonds. The van der Waals surface area contributed by atoms with Crippen molar-refractivity contribution in [1.82, 2.24) is 5.32 Å². The second-order valence-corrected chi connectivity index (χ2v) is 5.08. The Kier molecular flexibility index (Phi) is 7.06. The lowest BCUT2D eigenvalue weighted by atomic mass is 9.82. The monoisotopic (exact) mass is 227 g/mol. The van der Waals surface area contributed by atoms with E-state index in [1.807, 2.05) is 0 Å². The van der Waals surface area contributed by atoms with Crippen molar-refractivity contribution in [2.75, 3.05) is 19.7 Å². The molecule has 0 aromatic rings. The molecule has 0 bridgehead atoms. The van der Waals surface area contributed by atoms with Gasteiger partial charge in [0.15, 0.2) is 0 Å². The third kappa shape index (κ3) is 7.46. The van der Waals surface area contributed by atoms with Crippen LogP contribution in [0.15, 0.2) is 12.2 Å². The number of carbonyl (C=O) groups is 1. The zero-order valence-corrected chi connectivity index (χ0v) is 11.2. The zero-order chi connectivity index (χ0) is 12.6. The first kappa shape index (κ1) is 15.2. The van der Waals surface area contributed by atoms with Gasteiger partial charge in [0.2, 0.25) is 0 Å². The molecule has 0 aliphatic heterocycles. The number of rotatable bonds is 6. The maximum atomic E-state index is 11.0. The van der Waals surface area contributed by atoms with Crippen LogP contribution in [0.2, 0.25) is 0 Å². The second kappa shape index (κ2) is 7.44. The van der Waals surface area contributed by atoms with Crippen molar-refractivity contribution in [3.05, 3.63) is 12.2 Å². The molecule has 0 aromatic heterocycles. The van der Waals surface area contributed by atoms with Crippen molar-refractivity contribution in [2.45, 2.75) is 34.6 Å². The molecular formula is C13H25NO2. The van der Waals surface area contributed by atoms with Crippen LogP contribution >= 0.6 is 0 Å². The molecule has 1 unspecified atom stereocenters. The number of hydrogen-bond donors (Lipinski definition) is 1. The molecule has 16 heavy (non-hydrogen) atoms. The van der Waals surface area contributed by atoms with Crippen molar-refractivity contribution < 1.29 is 9.53 Å². The maximum Gasteiger partial charge on any atom is 0.330 e. The first-order chi connectivity index (χ1) is 7.38. The van der Waals surface area contributed by atoms with E-state index in [1.165, 1.54) is 6.08 Å². The Bertz CT molecular complexity index is 229. The summed E-state index contributed by atoms with van der Waals surface area (Å²) in [6.45, 7) is 12.8. The topological polar surface area (TPSA) is 38.3 Å². The summed E-state index contributed by atoms with van der Waals surface area (Å²) < 4.78 is 4.77. The summed E-state index contributed by atoms with van der Waals surface area (Å²) in [6.07, 6.45) is 3.27. The third-order valence-electron chi connectivity index (χ3n) is 2.73. The molecule has 0 spiro atoms. The zero-order valence-electron chi connectivity index (χ0n) is 11.2. The summed E-state index contributed by atoms with van der Waals surface area (Å²) in [7, 11) is 0. The average molecular weight is 227 g/mol. The van der Waals surface area contributed by atoms with Crippen LogP contribution in [0.1, 0.15) is 34.6 Å². The fourth-order valence-corrected chi connectivity index (χ4v) is 1.03. The Morgan fingerprint density at radius 2 is 2.06 bits per heavy atom. The van der Waals surface area contributed by atoms with E-state index in [-0.39, 0.29) is 5.97 Å². The van der Waals surface area contributed by atoms with Gasteiger partial charge in [-0.1, -0.05) is 33.8 Å². The first-order valence-corrected chi connectivity index (χ1v) is 5.92. The normalized spacial score (nSPS) is 14.1. The Morgan fingerprint density at radius 1 is 1.44 bits per heavy atom. The van der Waals surface area contributed by atoms with Gasteiger partial charge in [0, 0.05) is 12.6 Å². The summed E-state index contributed by atoms with van der Waals surface area (Å²) in [5, 5.41) is 3.29. The minimum Gasteiger partial charge on any atom is -0.463 e. The smallest absolute Gasteiger partial charge is 0.330 e. The molecule has 0 rings (SSSR count). The molecule has 0 radical (unpaired) electrons. The second-order valence-electron chi connectivity index (χ2n) is 5.08. The van der Waals surface area contributed by atoms with E-state index in [0.717, 1.165) is 6.54 Å². The quantitative estimate of drug-likeness (QED) is 0.430. The van der Waals surface area contributed by atoms with E-state index in [2.05, 4.69) is 33.0 Å². The Hall–Kier alpha value is -0.830. The van der Waals surface area contributed by atoms with Crippen LogP contribution in [0.5, 0.6) is 0 Å². The first-order valence-electron chi connectivity index (χ1n) is 5.92. The van der Waals surface area contributed by atoms with Gasteiger partial charge in [-0.15, -0.1) is 0 Å². The highest BCUT2D eigenvalue weighted by molar-refractivity contribution is 5.81. The van der Waals surface area contributed by atoms with E-state index in [1.54, 1.807) is 13.0 Å². The fourth-order valence-electron chi connectivity index (χ4n) is 1.03. The Balaban J connectivity index is 3.64. The Morgan fingerprint density at radius 3 is 2.56 bits per heavy atom. The van der Waals surface area contributed by atoms with Crippen LogP contribution in [0.25, 0.3) is 0 Å². The average Bonchev–Trinajstić information content (AvgIpc) is 2.16. The summed E-state index contributed by atoms with van der Waals surface area (Å²) in [4.78, 5) is 11.0. The fraction of sp³-hybridized carbons (Fsp3) is 0.769. The van der Waals surface area contributed by atoms with Gasteiger partial charge < -0.3 is 10.1 Å². The highest BCUT2D eigenvalue weighted by Crippen LogP contribution is 2.24. The molecule has 0 aliphatic carbocycles. The molecule has 3 nitrogen and oxygen atoms in total. The summed E-state index contributed by atoms with van der Waals surface area (Å²) in [5.41, 5.74) is 0.317. The number of esters is 1. The van der Waals surface area contributed by atoms with E-state index >= 15 is 0 Å². The lowest BCUT2D eigenvalue weighted by Crippen LogP contribution is -2.29. The molecule has 1 N–H and O–H groups in total. The molecule has 3 heteroatoms. The molecule has 0 fully saturated rings. The maximum absolute atomic E-state index is 11.0. The molecule has 1 atom stereocenters. The Labute approximate surface area is 99.3 Å². The van der Waals surface area contributed by atoms with Gasteiger partial charge in [0.1, 0.15) is 0 Å². The molecule has 94 valence electrons. The van der Waals surface area contributed by atoms with Crippen LogP contribution in [0, 0.1) is 11.3 Å². The molecule has 0 saturated carbocycles. The predicted molar refractivity (Wildman–Crippen MR) is 67.3 cm³/mol. The van der Waals surface area contributed by atoms with Gasteiger partial charge in [-0.2, -0.15) is 0 Å². The van der Waals surface area contributed by atoms with Crippen LogP contribution in [0.4, 0.5) is 0 Å². The lowest BCUT2D eigenvalue weighted by molar-refractivity contribution is -0.137. The minimum absolute atomic E-state index is 0.270. The molecule has 0 aromatic carbocycles. The largest absolute Gasteiger partial charge is 0.463 e. The highest BCUT2D eigenvalue weighted by atomic mass is 16.5. The molecule has 0 saturated heterocycles. The lowest BCUT2D eigenvalue weighted by Gasteiger charge is -2.27. The highest BCUT2D eigenvalue weighted by Gasteiger charge is 2.18. The minimum atomic E-state index is -0.270. The van der Waals surface area contributed by atoms with Crippen molar-refractivity contribution in [1.29, 1.82) is 0 Å². The van der Waals surface area contributed by atoms with Crippen LogP contribution in [-0.4, -0.2) is 25.7 Å². The van der Waals surface area contributed by atoms with E-state index < -0.39 is 0 Å². The van der Waals surface area contributed by atoms with Gasteiger partial charge in [-0.05, 0) is 24.8 Å². The summed E-state index contributed by atoms with van der Waals surface area (Å²) >= 11 is 0. The molecule has 0 heterocycles.